The van der Waals surface area contributed by atoms with Crippen molar-refractivity contribution in [3.05, 3.63) is 58.0 Å². The van der Waals surface area contributed by atoms with Crippen molar-refractivity contribution in [1.29, 1.82) is 0 Å². The highest BCUT2D eigenvalue weighted by molar-refractivity contribution is 14.1. The fourth-order valence-electron chi connectivity index (χ4n) is 3.08. The number of carbonyl (C=O) groups is 1. The highest BCUT2D eigenvalue weighted by Gasteiger charge is 2.49. The lowest BCUT2D eigenvalue weighted by atomic mass is 9.98. The maximum atomic E-state index is 12.4. The van der Waals surface area contributed by atoms with Crippen LogP contribution in [0.1, 0.15) is 6.92 Å². The summed E-state index contributed by atoms with van der Waals surface area (Å²) in [5.74, 6) is -0.212. The fourth-order valence-corrected chi connectivity index (χ4v) is 5.34. The SMILES string of the molecule is C=CCOC1C(O)C(COS(=O)(=O)c2cccs2)OC(Oc2ccc(I)cc2)C1OC(C)=O. The molecule has 0 aliphatic carbocycles. The highest BCUT2D eigenvalue weighted by atomic mass is 127. The Balaban J connectivity index is 1.84. The summed E-state index contributed by atoms with van der Waals surface area (Å²) in [5.41, 5.74) is 0. The Morgan fingerprint density at radius 2 is 2.00 bits per heavy atom. The predicted octanol–water partition coefficient (Wildman–Crippen LogP) is 2.73. The van der Waals surface area contributed by atoms with Crippen LogP contribution in [0.2, 0.25) is 0 Å². The van der Waals surface area contributed by atoms with Gasteiger partial charge in [0.2, 0.25) is 6.29 Å². The number of rotatable bonds is 10. The first kappa shape index (κ1) is 26.1. The number of aliphatic hydroxyl groups is 1. The van der Waals surface area contributed by atoms with E-state index in [0.717, 1.165) is 14.9 Å². The minimum Gasteiger partial charge on any atom is -0.461 e. The Morgan fingerprint density at radius 1 is 1.27 bits per heavy atom. The first-order valence-electron chi connectivity index (χ1n) is 9.79. The molecule has 2 aromatic rings. The summed E-state index contributed by atoms with van der Waals surface area (Å²) in [4.78, 5) is 11.8. The molecule has 1 saturated heterocycles. The molecule has 0 bridgehead atoms. The van der Waals surface area contributed by atoms with Crippen LogP contribution in [-0.4, -0.2) is 63.4 Å². The molecule has 3 rings (SSSR count). The van der Waals surface area contributed by atoms with Gasteiger partial charge in [0.25, 0.3) is 0 Å². The van der Waals surface area contributed by atoms with Crippen molar-refractivity contribution in [2.45, 2.75) is 41.8 Å². The molecule has 1 N–H and O–H groups in total. The largest absolute Gasteiger partial charge is 0.461 e. The summed E-state index contributed by atoms with van der Waals surface area (Å²) in [6.07, 6.45) is -4.51. The first-order valence-corrected chi connectivity index (χ1v) is 13.2. The van der Waals surface area contributed by atoms with Crippen molar-refractivity contribution in [1.82, 2.24) is 0 Å². The van der Waals surface area contributed by atoms with E-state index in [1.807, 2.05) is 12.1 Å². The standard InChI is InChI=1S/C21H23IO9S2/c1-3-10-27-19-18(24)16(12-28-33(25,26)17-5-4-11-32-17)31-21(20(19)29-13(2)23)30-15-8-6-14(22)7-9-15/h3-9,11,16,18-21,24H,1,10,12H2,2H3. The number of halogens is 1. The van der Waals surface area contributed by atoms with Gasteiger partial charge in [-0.25, -0.2) is 0 Å². The number of hydrogen-bond acceptors (Lipinski definition) is 10. The van der Waals surface area contributed by atoms with E-state index in [-0.39, 0.29) is 10.8 Å². The van der Waals surface area contributed by atoms with Crippen molar-refractivity contribution >= 4 is 50.0 Å². The molecule has 0 radical (unpaired) electrons. The number of thiophene rings is 1. The van der Waals surface area contributed by atoms with Gasteiger partial charge in [-0.3, -0.25) is 8.98 Å². The maximum Gasteiger partial charge on any atom is 0.306 e. The fraction of sp³-hybridized carbons (Fsp3) is 0.381. The third kappa shape index (κ3) is 6.97. The van der Waals surface area contributed by atoms with Crippen LogP contribution in [-0.2, 0) is 33.3 Å². The van der Waals surface area contributed by atoms with Gasteiger partial charge >= 0.3 is 16.1 Å². The Labute approximate surface area is 209 Å². The lowest BCUT2D eigenvalue weighted by Crippen LogP contribution is -2.62. The summed E-state index contributed by atoms with van der Waals surface area (Å²) in [6, 6.07) is 10.0. The van der Waals surface area contributed by atoms with Crippen LogP contribution < -0.4 is 4.74 Å². The van der Waals surface area contributed by atoms with E-state index in [1.165, 1.54) is 19.1 Å². The van der Waals surface area contributed by atoms with Gasteiger partial charge in [0, 0.05) is 10.5 Å². The van der Waals surface area contributed by atoms with Crippen molar-refractivity contribution in [3.63, 3.8) is 0 Å². The third-order valence-electron chi connectivity index (χ3n) is 4.52. The second-order valence-corrected chi connectivity index (χ2v) is 11.0. The zero-order chi connectivity index (χ0) is 24.0. The number of benzene rings is 1. The van der Waals surface area contributed by atoms with Crippen molar-refractivity contribution in [2.24, 2.45) is 0 Å². The molecular formula is C21H23IO9S2. The van der Waals surface area contributed by atoms with E-state index in [2.05, 4.69) is 29.2 Å². The molecule has 180 valence electrons. The normalized spacial score (nSPS) is 25.4. The quantitative estimate of drug-likeness (QED) is 0.188. The van der Waals surface area contributed by atoms with Crippen LogP contribution in [0.25, 0.3) is 0 Å². The zero-order valence-corrected chi connectivity index (χ0v) is 21.3. The van der Waals surface area contributed by atoms with E-state index < -0.39 is 53.4 Å². The van der Waals surface area contributed by atoms with Gasteiger partial charge in [-0.05, 0) is 58.3 Å². The number of aliphatic hydroxyl groups excluding tert-OH is 1. The Kier molecular flexibility index (Phi) is 9.26. The zero-order valence-electron chi connectivity index (χ0n) is 17.5. The smallest absolute Gasteiger partial charge is 0.306 e. The second kappa shape index (κ2) is 11.7. The van der Waals surface area contributed by atoms with Crippen LogP contribution in [0.5, 0.6) is 5.75 Å². The summed E-state index contributed by atoms with van der Waals surface area (Å²) in [6.45, 7) is 4.33. The molecule has 9 nitrogen and oxygen atoms in total. The van der Waals surface area contributed by atoms with E-state index in [9.17, 15) is 18.3 Å². The molecular weight excluding hydrogens is 587 g/mol. The average molecular weight is 610 g/mol. The molecule has 33 heavy (non-hydrogen) atoms. The van der Waals surface area contributed by atoms with Crippen molar-refractivity contribution in [3.8, 4) is 5.75 Å². The summed E-state index contributed by atoms with van der Waals surface area (Å²) in [5, 5.41) is 12.5. The third-order valence-corrected chi connectivity index (χ3v) is 7.88. The lowest BCUT2D eigenvalue weighted by molar-refractivity contribution is -0.287. The van der Waals surface area contributed by atoms with E-state index in [0.29, 0.717) is 5.75 Å². The molecule has 1 aromatic heterocycles. The predicted molar refractivity (Wildman–Crippen MR) is 127 cm³/mol. The molecule has 1 fully saturated rings. The van der Waals surface area contributed by atoms with Crippen LogP contribution in [0, 0.1) is 3.57 Å². The minimum absolute atomic E-state index is 0.0248. The Morgan fingerprint density at radius 3 is 2.61 bits per heavy atom. The monoisotopic (exact) mass is 610 g/mol. The molecule has 12 heteroatoms. The van der Waals surface area contributed by atoms with Gasteiger partial charge < -0.3 is 24.1 Å². The lowest BCUT2D eigenvalue weighted by Gasteiger charge is -2.43. The Hall–Kier alpha value is -1.55. The molecule has 0 amide bonds. The molecule has 1 aliphatic rings. The van der Waals surface area contributed by atoms with E-state index >= 15 is 0 Å². The molecule has 1 aromatic carbocycles. The second-order valence-electron chi connectivity index (χ2n) is 6.94. The summed E-state index contributed by atoms with van der Waals surface area (Å²) < 4.78 is 53.7. The van der Waals surface area contributed by atoms with E-state index in [1.54, 1.807) is 23.6 Å². The van der Waals surface area contributed by atoms with E-state index in [4.69, 9.17) is 23.1 Å². The van der Waals surface area contributed by atoms with Crippen molar-refractivity contribution in [2.75, 3.05) is 13.2 Å². The number of hydrogen-bond donors (Lipinski definition) is 1. The molecule has 1 aliphatic heterocycles. The minimum atomic E-state index is -4.04. The van der Waals surface area contributed by atoms with Gasteiger partial charge in [-0.2, -0.15) is 8.42 Å². The summed E-state index contributed by atoms with van der Waals surface area (Å²) in [7, 11) is -4.04. The van der Waals surface area contributed by atoms with Gasteiger partial charge in [-0.15, -0.1) is 17.9 Å². The van der Waals surface area contributed by atoms with Crippen LogP contribution in [0.4, 0.5) is 0 Å². The van der Waals surface area contributed by atoms with Crippen LogP contribution in [0.15, 0.2) is 58.6 Å². The molecule has 0 saturated carbocycles. The molecule has 5 unspecified atom stereocenters. The van der Waals surface area contributed by atoms with Gasteiger partial charge in [0.15, 0.2) is 6.10 Å². The van der Waals surface area contributed by atoms with Crippen LogP contribution >= 0.6 is 33.9 Å². The first-order chi connectivity index (χ1) is 15.7. The molecule has 2 heterocycles. The van der Waals surface area contributed by atoms with Gasteiger partial charge in [0.05, 0.1) is 13.2 Å². The van der Waals surface area contributed by atoms with Crippen LogP contribution in [0.3, 0.4) is 0 Å². The molecule has 5 atom stereocenters. The van der Waals surface area contributed by atoms with Gasteiger partial charge in [-0.1, -0.05) is 12.1 Å². The maximum absolute atomic E-state index is 12.4. The number of carbonyl (C=O) groups excluding carboxylic acids is 1. The number of esters is 1. The molecule has 0 spiro atoms. The Bertz CT molecular complexity index is 1020. The van der Waals surface area contributed by atoms with Gasteiger partial charge in [0.1, 0.15) is 28.3 Å². The topological polar surface area (TPSA) is 118 Å². The average Bonchev–Trinajstić information content (AvgIpc) is 3.32. The number of ether oxygens (including phenoxy) is 4. The van der Waals surface area contributed by atoms with Crippen molar-refractivity contribution < 1.29 is 41.4 Å². The summed E-state index contributed by atoms with van der Waals surface area (Å²) >= 11 is 3.15. The highest BCUT2D eigenvalue weighted by Crippen LogP contribution is 2.30.